The van der Waals surface area contributed by atoms with E-state index in [1.807, 2.05) is 31.3 Å². The van der Waals surface area contributed by atoms with Gasteiger partial charge >= 0.3 is 0 Å². The van der Waals surface area contributed by atoms with Crippen molar-refractivity contribution in [2.24, 2.45) is 0 Å². The SMILES string of the molecule is CCOc1ccc(N(Cc2cccnc2)c2nc(-c3ccc(C)cc3)cs2)cc1. The van der Waals surface area contributed by atoms with Gasteiger partial charge in [-0.3, -0.25) is 4.98 Å². The molecule has 0 N–H and O–H groups in total. The number of pyridine rings is 1. The molecule has 0 aliphatic carbocycles. The van der Waals surface area contributed by atoms with E-state index in [4.69, 9.17) is 9.72 Å². The lowest BCUT2D eigenvalue weighted by Gasteiger charge is -2.22. The van der Waals surface area contributed by atoms with Crippen LogP contribution in [0.15, 0.2) is 78.4 Å². The molecule has 4 rings (SSSR count). The van der Waals surface area contributed by atoms with Crippen molar-refractivity contribution in [2.75, 3.05) is 11.5 Å². The van der Waals surface area contributed by atoms with Crippen molar-refractivity contribution in [1.82, 2.24) is 9.97 Å². The summed E-state index contributed by atoms with van der Waals surface area (Å²) in [6.07, 6.45) is 3.69. The number of hydrogen-bond donors (Lipinski definition) is 0. The van der Waals surface area contributed by atoms with Gasteiger partial charge in [0, 0.05) is 29.0 Å². The number of rotatable bonds is 7. The van der Waals surface area contributed by atoms with Gasteiger partial charge in [0.25, 0.3) is 0 Å². The third kappa shape index (κ3) is 4.63. The third-order valence-corrected chi connectivity index (χ3v) is 5.46. The Morgan fingerprint density at radius 3 is 2.48 bits per heavy atom. The minimum absolute atomic E-state index is 0.658. The van der Waals surface area contributed by atoms with Crippen molar-refractivity contribution in [3.8, 4) is 17.0 Å². The van der Waals surface area contributed by atoms with E-state index in [-0.39, 0.29) is 0 Å². The molecule has 0 saturated heterocycles. The van der Waals surface area contributed by atoms with E-state index in [0.717, 1.165) is 33.4 Å². The highest BCUT2D eigenvalue weighted by atomic mass is 32.1. The second kappa shape index (κ2) is 8.88. The van der Waals surface area contributed by atoms with Gasteiger partial charge in [-0.25, -0.2) is 4.98 Å². The zero-order valence-electron chi connectivity index (χ0n) is 16.6. The molecule has 0 bridgehead atoms. The number of thiazole rings is 1. The predicted molar refractivity (Wildman–Crippen MR) is 120 cm³/mol. The molecule has 0 spiro atoms. The molecular formula is C24H23N3OS. The topological polar surface area (TPSA) is 38.2 Å². The Morgan fingerprint density at radius 2 is 1.79 bits per heavy atom. The summed E-state index contributed by atoms with van der Waals surface area (Å²) in [5, 5.41) is 3.07. The molecule has 4 nitrogen and oxygen atoms in total. The summed E-state index contributed by atoms with van der Waals surface area (Å²) in [5.74, 6) is 0.872. The molecule has 0 aliphatic heterocycles. The molecule has 2 aromatic heterocycles. The molecule has 146 valence electrons. The van der Waals surface area contributed by atoms with Crippen LogP contribution in [0, 0.1) is 6.92 Å². The molecule has 0 amide bonds. The van der Waals surface area contributed by atoms with Crippen LogP contribution in [-0.4, -0.2) is 16.6 Å². The Kier molecular flexibility index (Phi) is 5.86. The van der Waals surface area contributed by atoms with Gasteiger partial charge in [0.15, 0.2) is 5.13 Å². The number of aromatic nitrogens is 2. The molecule has 0 saturated carbocycles. The first-order valence-electron chi connectivity index (χ1n) is 9.65. The highest BCUT2D eigenvalue weighted by molar-refractivity contribution is 7.14. The fraction of sp³-hybridized carbons (Fsp3) is 0.167. The van der Waals surface area contributed by atoms with E-state index >= 15 is 0 Å². The van der Waals surface area contributed by atoms with Gasteiger partial charge in [-0.15, -0.1) is 11.3 Å². The summed E-state index contributed by atoms with van der Waals surface area (Å²) in [6.45, 7) is 5.44. The van der Waals surface area contributed by atoms with Crippen molar-refractivity contribution < 1.29 is 4.74 Å². The van der Waals surface area contributed by atoms with Crippen LogP contribution in [0.3, 0.4) is 0 Å². The highest BCUT2D eigenvalue weighted by Crippen LogP contribution is 2.34. The van der Waals surface area contributed by atoms with E-state index in [2.05, 4.69) is 64.7 Å². The Labute approximate surface area is 175 Å². The average Bonchev–Trinajstić information content (AvgIpc) is 3.24. The standard InChI is InChI=1S/C24H23N3OS/c1-3-28-22-12-10-21(11-13-22)27(16-19-5-4-14-25-15-19)24-26-23(17-29-24)20-8-6-18(2)7-9-20/h4-15,17H,3,16H2,1-2H3. The summed E-state index contributed by atoms with van der Waals surface area (Å²) >= 11 is 1.65. The Hall–Kier alpha value is -3.18. The first kappa shape index (κ1) is 19.2. The quantitative estimate of drug-likeness (QED) is 0.367. The monoisotopic (exact) mass is 401 g/mol. The summed E-state index contributed by atoms with van der Waals surface area (Å²) in [7, 11) is 0. The molecular weight excluding hydrogens is 378 g/mol. The van der Waals surface area contributed by atoms with Crippen LogP contribution < -0.4 is 9.64 Å². The maximum atomic E-state index is 5.59. The van der Waals surface area contributed by atoms with Crippen LogP contribution in [0.25, 0.3) is 11.3 Å². The zero-order chi connectivity index (χ0) is 20.1. The van der Waals surface area contributed by atoms with Gasteiger partial charge in [-0.1, -0.05) is 35.9 Å². The molecule has 4 aromatic rings. The van der Waals surface area contributed by atoms with Crippen LogP contribution in [0.2, 0.25) is 0 Å². The molecule has 5 heteroatoms. The molecule has 2 aromatic carbocycles. The normalized spacial score (nSPS) is 10.7. The summed E-state index contributed by atoms with van der Waals surface area (Å²) in [6, 6.07) is 20.7. The number of benzene rings is 2. The predicted octanol–water partition coefficient (Wildman–Crippen LogP) is 6.25. The molecule has 0 aliphatic rings. The van der Waals surface area contributed by atoms with Crippen LogP contribution in [0.1, 0.15) is 18.1 Å². The minimum Gasteiger partial charge on any atom is -0.494 e. The number of aryl methyl sites for hydroxylation is 1. The fourth-order valence-electron chi connectivity index (χ4n) is 3.08. The maximum Gasteiger partial charge on any atom is 0.190 e. The Morgan fingerprint density at radius 1 is 1.00 bits per heavy atom. The van der Waals surface area contributed by atoms with Gasteiger partial charge in [-0.05, 0) is 49.7 Å². The largest absolute Gasteiger partial charge is 0.494 e. The van der Waals surface area contributed by atoms with Crippen molar-refractivity contribution in [2.45, 2.75) is 20.4 Å². The molecule has 0 fully saturated rings. The second-order valence-electron chi connectivity index (χ2n) is 6.76. The van der Waals surface area contributed by atoms with E-state index in [1.54, 1.807) is 17.5 Å². The second-order valence-corrected chi connectivity index (χ2v) is 7.59. The first-order valence-corrected chi connectivity index (χ1v) is 10.5. The molecule has 29 heavy (non-hydrogen) atoms. The van der Waals surface area contributed by atoms with E-state index in [9.17, 15) is 0 Å². The smallest absolute Gasteiger partial charge is 0.190 e. The Bertz CT molecular complexity index is 1040. The number of anilines is 2. The average molecular weight is 402 g/mol. The number of nitrogens with zero attached hydrogens (tertiary/aromatic N) is 3. The lowest BCUT2D eigenvalue weighted by molar-refractivity contribution is 0.340. The minimum atomic E-state index is 0.658. The first-order chi connectivity index (χ1) is 14.2. The van der Waals surface area contributed by atoms with E-state index < -0.39 is 0 Å². The lowest BCUT2D eigenvalue weighted by Crippen LogP contribution is -2.16. The molecule has 0 radical (unpaired) electrons. The van der Waals surface area contributed by atoms with Crippen molar-refractivity contribution in [3.05, 3.63) is 89.6 Å². The lowest BCUT2D eigenvalue weighted by atomic mass is 10.1. The summed E-state index contributed by atoms with van der Waals surface area (Å²) in [4.78, 5) is 11.4. The zero-order valence-corrected chi connectivity index (χ0v) is 17.4. The van der Waals surface area contributed by atoms with Gasteiger partial charge in [0.1, 0.15) is 5.75 Å². The van der Waals surface area contributed by atoms with Crippen LogP contribution >= 0.6 is 11.3 Å². The van der Waals surface area contributed by atoms with E-state index in [0.29, 0.717) is 13.2 Å². The molecule has 0 unspecified atom stereocenters. The van der Waals surface area contributed by atoms with Gasteiger partial charge < -0.3 is 9.64 Å². The fourth-order valence-corrected chi connectivity index (χ4v) is 3.93. The van der Waals surface area contributed by atoms with Crippen molar-refractivity contribution >= 4 is 22.2 Å². The summed E-state index contributed by atoms with van der Waals surface area (Å²) in [5.41, 5.74) is 5.57. The van der Waals surface area contributed by atoms with Crippen molar-refractivity contribution in [3.63, 3.8) is 0 Å². The van der Waals surface area contributed by atoms with E-state index in [1.165, 1.54) is 5.56 Å². The molecule has 0 atom stereocenters. The van der Waals surface area contributed by atoms with Gasteiger partial charge in [0.2, 0.25) is 0 Å². The van der Waals surface area contributed by atoms with Crippen LogP contribution in [0.5, 0.6) is 5.75 Å². The molecule has 2 heterocycles. The van der Waals surface area contributed by atoms with Gasteiger partial charge in [0.05, 0.1) is 18.8 Å². The highest BCUT2D eigenvalue weighted by Gasteiger charge is 2.15. The van der Waals surface area contributed by atoms with Crippen LogP contribution in [0.4, 0.5) is 10.8 Å². The number of ether oxygens (including phenoxy) is 1. The summed E-state index contributed by atoms with van der Waals surface area (Å²) < 4.78 is 5.59. The van der Waals surface area contributed by atoms with Crippen LogP contribution in [-0.2, 0) is 6.54 Å². The maximum absolute atomic E-state index is 5.59. The van der Waals surface area contributed by atoms with Gasteiger partial charge in [-0.2, -0.15) is 0 Å². The van der Waals surface area contributed by atoms with Crippen molar-refractivity contribution in [1.29, 1.82) is 0 Å². The Balaban J connectivity index is 1.67. The third-order valence-electron chi connectivity index (χ3n) is 4.59. The number of hydrogen-bond acceptors (Lipinski definition) is 5.